The van der Waals surface area contributed by atoms with Crippen molar-refractivity contribution in [1.82, 2.24) is 10.7 Å². The molecule has 3 aromatic rings. The summed E-state index contributed by atoms with van der Waals surface area (Å²) in [6, 6.07) is 18.6. The third-order valence-corrected chi connectivity index (χ3v) is 5.15. The highest BCUT2D eigenvalue weighted by molar-refractivity contribution is 6.42. The molecule has 0 aliphatic carbocycles. The molecule has 0 radical (unpaired) electrons. The van der Waals surface area contributed by atoms with E-state index in [0.717, 1.165) is 11.1 Å². The van der Waals surface area contributed by atoms with Crippen molar-refractivity contribution in [2.24, 2.45) is 15.3 Å². The number of benzene rings is 3. The van der Waals surface area contributed by atoms with Gasteiger partial charge in [0.25, 0.3) is 5.91 Å². The van der Waals surface area contributed by atoms with Crippen LogP contribution in [0.1, 0.15) is 21.5 Å². The minimum Gasteiger partial charge on any atom is -0.290 e. The minimum absolute atomic E-state index is 0.00324. The molecule has 0 unspecified atom stereocenters. The Labute approximate surface area is 204 Å². The second kappa shape index (κ2) is 11.6. The molecular weight excluding hydrogens is 492 g/mol. The molecule has 162 valence electrons. The van der Waals surface area contributed by atoms with E-state index >= 15 is 0 Å². The van der Waals surface area contributed by atoms with Crippen LogP contribution in [-0.2, 0) is 0 Å². The molecule has 0 aromatic heterocycles. The molecule has 0 atom stereocenters. The van der Waals surface area contributed by atoms with Crippen molar-refractivity contribution >= 4 is 70.7 Å². The summed E-state index contributed by atoms with van der Waals surface area (Å²) in [4.78, 5) is 12.6. The van der Waals surface area contributed by atoms with Gasteiger partial charge in [-0.25, -0.2) is 5.43 Å². The zero-order valence-corrected chi connectivity index (χ0v) is 19.3. The number of hydrazone groups is 1. The SMILES string of the molecule is O=C(N/C(=N/N=C/c1ccc(Cl)cc1)N/N=C/c1ccc(Cl)cc1)c1ccc(Cl)c(Cl)c1. The summed E-state index contributed by atoms with van der Waals surface area (Å²) in [6.07, 6.45) is 3.05. The van der Waals surface area contributed by atoms with Gasteiger partial charge >= 0.3 is 0 Å². The van der Waals surface area contributed by atoms with Crippen LogP contribution < -0.4 is 10.7 Å². The molecule has 0 spiro atoms. The van der Waals surface area contributed by atoms with Crippen molar-refractivity contribution in [3.05, 3.63) is 104 Å². The van der Waals surface area contributed by atoms with Gasteiger partial charge in [-0.1, -0.05) is 70.7 Å². The van der Waals surface area contributed by atoms with Gasteiger partial charge in [0.1, 0.15) is 0 Å². The number of hydrogen-bond acceptors (Lipinski definition) is 4. The van der Waals surface area contributed by atoms with E-state index in [0.29, 0.717) is 15.1 Å². The molecule has 0 saturated heterocycles. The standard InChI is InChI=1S/C22H15Cl4N5O/c23-17-6-1-14(2-7-17)12-27-30-22(31-28-13-15-3-8-18(24)9-4-15)29-21(32)16-5-10-19(25)20(26)11-16/h1-13H,(H2,29,30,31,32)/b27-12+,28-13+. The van der Waals surface area contributed by atoms with E-state index in [-0.39, 0.29) is 16.5 Å². The van der Waals surface area contributed by atoms with Gasteiger partial charge in [-0.3, -0.25) is 10.1 Å². The van der Waals surface area contributed by atoms with Gasteiger partial charge in [0.2, 0.25) is 5.96 Å². The first-order chi connectivity index (χ1) is 15.4. The van der Waals surface area contributed by atoms with Crippen molar-refractivity contribution in [3.8, 4) is 0 Å². The average Bonchev–Trinajstić information content (AvgIpc) is 2.78. The van der Waals surface area contributed by atoms with E-state index in [1.807, 2.05) is 0 Å². The van der Waals surface area contributed by atoms with Crippen LogP contribution in [0.5, 0.6) is 0 Å². The third kappa shape index (κ3) is 7.35. The number of amides is 1. The second-order valence-electron chi connectivity index (χ2n) is 6.25. The molecule has 0 heterocycles. The van der Waals surface area contributed by atoms with Crippen LogP contribution in [0.3, 0.4) is 0 Å². The zero-order valence-electron chi connectivity index (χ0n) is 16.3. The van der Waals surface area contributed by atoms with E-state index in [2.05, 4.69) is 26.0 Å². The predicted octanol–water partition coefficient (Wildman–Crippen LogP) is 6.04. The number of nitrogens with one attached hydrogen (secondary N) is 2. The Hall–Kier alpha value is -2.90. The van der Waals surface area contributed by atoms with Crippen LogP contribution in [0, 0.1) is 0 Å². The Bertz CT molecular complexity index is 1180. The summed E-state index contributed by atoms with van der Waals surface area (Å²) in [6.45, 7) is 0. The molecule has 0 saturated carbocycles. The van der Waals surface area contributed by atoms with Gasteiger partial charge in [-0.2, -0.15) is 10.2 Å². The van der Waals surface area contributed by atoms with Crippen LogP contribution in [0.25, 0.3) is 0 Å². The van der Waals surface area contributed by atoms with Crippen LogP contribution in [0.2, 0.25) is 20.1 Å². The summed E-state index contributed by atoms with van der Waals surface area (Å²) < 4.78 is 0. The topological polar surface area (TPSA) is 78.2 Å². The lowest BCUT2D eigenvalue weighted by Crippen LogP contribution is -2.38. The predicted molar refractivity (Wildman–Crippen MR) is 133 cm³/mol. The largest absolute Gasteiger partial charge is 0.290 e. The van der Waals surface area contributed by atoms with Crippen molar-refractivity contribution in [2.75, 3.05) is 0 Å². The highest BCUT2D eigenvalue weighted by Gasteiger charge is 2.10. The number of carbonyl (C=O) groups excluding carboxylic acids is 1. The zero-order chi connectivity index (χ0) is 22.9. The monoisotopic (exact) mass is 505 g/mol. The Kier molecular flexibility index (Phi) is 8.64. The highest BCUT2D eigenvalue weighted by Crippen LogP contribution is 2.22. The van der Waals surface area contributed by atoms with Gasteiger partial charge in [-0.15, -0.1) is 5.10 Å². The molecule has 0 fully saturated rings. The fourth-order valence-corrected chi connectivity index (χ4v) is 2.86. The summed E-state index contributed by atoms with van der Waals surface area (Å²) in [5, 5.41) is 16.5. The van der Waals surface area contributed by atoms with Crippen molar-refractivity contribution in [3.63, 3.8) is 0 Å². The number of halogens is 4. The number of nitrogens with zero attached hydrogens (tertiary/aromatic N) is 3. The maximum Gasteiger partial charge on any atom is 0.258 e. The molecular formula is C22H15Cl4N5O. The molecule has 0 aliphatic rings. The third-order valence-electron chi connectivity index (χ3n) is 3.90. The summed E-state index contributed by atoms with van der Waals surface area (Å²) in [5.41, 5.74) is 4.52. The fraction of sp³-hybridized carbons (Fsp3) is 0. The van der Waals surface area contributed by atoms with Gasteiger partial charge in [0.05, 0.1) is 22.5 Å². The van der Waals surface area contributed by atoms with E-state index in [1.165, 1.54) is 24.4 Å². The number of carbonyl (C=O) groups is 1. The maximum absolute atomic E-state index is 12.6. The fourth-order valence-electron chi connectivity index (χ4n) is 2.31. The van der Waals surface area contributed by atoms with Crippen molar-refractivity contribution in [2.45, 2.75) is 0 Å². The number of guanidine groups is 1. The van der Waals surface area contributed by atoms with E-state index in [1.54, 1.807) is 54.7 Å². The quantitative estimate of drug-likeness (QED) is 0.251. The van der Waals surface area contributed by atoms with Crippen LogP contribution in [-0.4, -0.2) is 24.3 Å². The average molecular weight is 507 g/mol. The van der Waals surface area contributed by atoms with Crippen LogP contribution >= 0.6 is 46.4 Å². The lowest BCUT2D eigenvalue weighted by Gasteiger charge is -2.07. The first-order valence-electron chi connectivity index (χ1n) is 9.08. The minimum atomic E-state index is -0.474. The van der Waals surface area contributed by atoms with E-state index in [9.17, 15) is 4.79 Å². The molecule has 0 aliphatic heterocycles. The molecule has 0 bridgehead atoms. The normalized spacial score (nSPS) is 11.8. The van der Waals surface area contributed by atoms with E-state index in [4.69, 9.17) is 46.4 Å². The molecule has 3 rings (SSSR count). The molecule has 6 nitrogen and oxygen atoms in total. The molecule has 1 amide bonds. The van der Waals surface area contributed by atoms with Gasteiger partial charge in [0.15, 0.2) is 0 Å². The van der Waals surface area contributed by atoms with Gasteiger partial charge < -0.3 is 0 Å². The smallest absolute Gasteiger partial charge is 0.258 e. The summed E-state index contributed by atoms with van der Waals surface area (Å²) >= 11 is 23.7. The summed E-state index contributed by atoms with van der Waals surface area (Å²) in [7, 11) is 0. The Balaban J connectivity index is 1.76. The van der Waals surface area contributed by atoms with Crippen molar-refractivity contribution in [1.29, 1.82) is 0 Å². The first-order valence-corrected chi connectivity index (χ1v) is 10.6. The van der Waals surface area contributed by atoms with Gasteiger partial charge in [0, 0.05) is 15.6 Å². The Morgan fingerprint density at radius 1 is 0.750 bits per heavy atom. The number of rotatable bonds is 5. The summed E-state index contributed by atoms with van der Waals surface area (Å²) in [5.74, 6) is -0.477. The van der Waals surface area contributed by atoms with Crippen LogP contribution in [0.15, 0.2) is 82.0 Å². The lowest BCUT2D eigenvalue weighted by atomic mass is 10.2. The Morgan fingerprint density at radius 2 is 1.34 bits per heavy atom. The first kappa shape index (κ1) is 23.8. The highest BCUT2D eigenvalue weighted by atomic mass is 35.5. The molecule has 10 heteroatoms. The molecule has 2 N–H and O–H groups in total. The Morgan fingerprint density at radius 3 is 1.94 bits per heavy atom. The second-order valence-corrected chi connectivity index (χ2v) is 7.94. The van der Waals surface area contributed by atoms with Crippen LogP contribution in [0.4, 0.5) is 0 Å². The lowest BCUT2D eigenvalue weighted by molar-refractivity contribution is 0.0975. The number of hydrogen-bond donors (Lipinski definition) is 2. The maximum atomic E-state index is 12.6. The van der Waals surface area contributed by atoms with E-state index < -0.39 is 5.91 Å². The van der Waals surface area contributed by atoms with Gasteiger partial charge in [-0.05, 0) is 53.6 Å². The van der Waals surface area contributed by atoms with Crippen molar-refractivity contribution < 1.29 is 4.79 Å². The molecule has 3 aromatic carbocycles. The molecule has 32 heavy (non-hydrogen) atoms.